The third-order valence-corrected chi connectivity index (χ3v) is 6.39. The lowest BCUT2D eigenvalue weighted by Crippen LogP contribution is -2.21. The summed E-state index contributed by atoms with van der Waals surface area (Å²) in [6, 6.07) is 8.22. The lowest BCUT2D eigenvalue weighted by Gasteiger charge is -2.25. The van der Waals surface area contributed by atoms with Gasteiger partial charge in [0.2, 0.25) is 0 Å². The maximum atomic E-state index is 10.8. The molecule has 1 aliphatic rings. The van der Waals surface area contributed by atoms with Crippen molar-refractivity contribution in [1.29, 1.82) is 0 Å². The fourth-order valence-corrected chi connectivity index (χ4v) is 4.80. The van der Waals surface area contributed by atoms with Crippen LogP contribution in [-0.4, -0.2) is 38.1 Å². The molecule has 4 aromatic rings. The highest BCUT2D eigenvalue weighted by Gasteiger charge is 2.25. The molecule has 138 valence electrons. The second-order valence-electron chi connectivity index (χ2n) is 7.04. The molecule has 1 N–H and O–H groups in total. The highest BCUT2D eigenvalue weighted by molar-refractivity contribution is 7.18. The van der Waals surface area contributed by atoms with E-state index in [0.717, 1.165) is 63.4 Å². The van der Waals surface area contributed by atoms with Crippen LogP contribution in [0.15, 0.2) is 36.7 Å². The lowest BCUT2D eigenvalue weighted by molar-refractivity contribution is 0.00856. The minimum absolute atomic E-state index is 0.267. The first-order valence-corrected chi connectivity index (χ1v) is 9.95. The van der Waals surface area contributed by atoms with Crippen LogP contribution in [0.2, 0.25) is 0 Å². The van der Waals surface area contributed by atoms with Crippen LogP contribution in [0.1, 0.15) is 23.8 Å². The Balaban J connectivity index is 1.49. The van der Waals surface area contributed by atoms with Crippen LogP contribution in [0.25, 0.3) is 32.5 Å². The van der Waals surface area contributed by atoms with Crippen molar-refractivity contribution in [3.8, 4) is 11.3 Å². The molecule has 5 heterocycles. The molecule has 6 nitrogen and oxygen atoms in total. The molecule has 0 amide bonds. The molecular formula is C20H20N4O2S. The van der Waals surface area contributed by atoms with Gasteiger partial charge in [0.15, 0.2) is 5.65 Å². The number of hydrogen-bond acceptors (Lipinski definition) is 6. The standard InChI is InChI=1S/C20H20N4O2S/c1-24-19-15(11-22-24)8-14(10-21-19)16-3-2-13-9-17(27-20(13)23-16)18(25)12-4-6-26-7-5-12/h2-3,8-12,18,25H,4-7H2,1H3/t18-/m0/s1. The molecule has 1 aliphatic heterocycles. The number of aliphatic hydroxyl groups excluding tert-OH is 1. The molecular weight excluding hydrogens is 360 g/mol. The van der Waals surface area contributed by atoms with Crippen molar-refractivity contribution in [2.45, 2.75) is 18.9 Å². The van der Waals surface area contributed by atoms with Gasteiger partial charge in [-0.15, -0.1) is 11.3 Å². The van der Waals surface area contributed by atoms with Gasteiger partial charge in [-0.2, -0.15) is 5.10 Å². The van der Waals surface area contributed by atoms with Crippen molar-refractivity contribution in [2.75, 3.05) is 13.2 Å². The first-order chi connectivity index (χ1) is 13.2. The molecule has 0 bridgehead atoms. The van der Waals surface area contributed by atoms with Crippen LogP contribution < -0.4 is 0 Å². The van der Waals surface area contributed by atoms with E-state index in [0.29, 0.717) is 0 Å². The van der Waals surface area contributed by atoms with E-state index < -0.39 is 6.10 Å². The average molecular weight is 380 g/mol. The molecule has 0 aromatic carbocycles. The van der Waals surface area contributed by atoms with Crippen molar-refractivity contribution in [2.24, 2.45) is 13.0 Å². The fourth-order valence-electron chi connectivity index (χ4n) is 3.69. The zero-order valence-electron chi connectivity index (χ0n) is 15.0. The minimum Gasteiger partial charge on any atom is -0.387 e. The van der Waals surface area contributed by atoms with Gasteiger partial charge >= 0.3 is 0 Å². The number of aliphatic hydroxyl groups is 1. The predicted octanol–water partition coefficient (Wildman–Crippen LogP) is 3.71. The molecule has 4 aromatic heterocycles. The van der Waals surface area contributed by atoms with E-state index in [4.69, 9.17) is 9.72 Å². The lowest BCUT2D eigenvalue weighted by atomic mass is 9.93. The van der Waals surface area contributed by atoms with Gasteiger partial charge in [0, 0.05) is 47.7 Å². The van der Waals surface area contributed by atoms with Gasteiger partial charge in [-0.3, -0.25) is 4.68 Å². The highest BCUT2D eigenvalue weighted by atomic mass is 32.1. The molecule has 1 atom stereocenters. The zero-order chi connectivity index (χ0) is 18.4. The fraction of sp³-hybridized carbons (Fsp3) is 0.350. The minimum atomic E-state index is -0.440. The number of aromatic nitrogens is 4. The smallest absolute Gasteiger partial charge is 0.157 e. The molecule has 0 saturated carbocycles. The Labute approximate surface area is 160 Å². The van der Waals surface area contributed by atoms with Crippen LogP contribution in [0.4, 0.5) is 0 Å². The number of rotatable bonds is 3. The quantitative estimate of drug-likeness (QED) is 0.587. The third-order valence-electron chi connectivity index (χ3n) is 5.27. The summed E-state index contributed by atoms with van der Waals surface area (Å²) in [6.07, 6.45) is 5.03. The SMILES string of the molecule is Cn1ncc2cc(-c3ccc4cc([C@@H](O)C5CCOCC5)sc4n3)cnc21. The molecule has 0 radical (unpaired) electrons. The van der Waals surface area contributed by atoms with Crippen molar-refractivity contribution >= 4 is 32.6 Å². The Hall–Kier alpha value is -2.35. The molecule has 5 rings (SSSR count). The van der Waals surface area contributed by atoms with Crippen LogP contribution in [-0.2, 0) is 11.8 Å². The first-order valence-electron chi connectivity index (χ1n) is 9.13. The Morgan fingerprint density at radius 2 is 2.04 bits per heavy atom. The van der Waals surface area contributed by atoms with Crippen molar-refractivity contribution < 1.29 is 9.84 Å². The van der Waals surface area contributed by atoms with Crippen LogP contribution in [0, 0.1) is 5.92 Å². The normalized spacial score (nSPS) is 17.0. The number of ether oxygens (including phenoxy) is 1. The topological polar surface area (TPSA) is 73.1 Å². The molecule has 7 heteroatoms. The van der Waals surface area contributed by atoms with Gasteiger partial charge in [0.25, 0.3) is 0 Å². The highest BCUT2D eigenvalue weighted by Crippen LogP contribution is 2.37. The summed E-state index contributed by atoms with van der Waals surface area (Å²) in [6.45, 7) is 1.47. The summed E-state index contributed by atoms with van der Waals surface area (Å²) in [5.74, 6) is 0.267. The molecule has 0 unspecified atom stereocenters. The zero-order valence-corrected chi connectivity index (χ0v) is 15.8. The Bertz CT molecular complexity index is 1110. The van der Waals surface area contributed by atoms with Crippen LogP contribution in [0.3, 0.4) is 0 Å². The van der Waals surface area contributed by atoms with Crippen LogP contribution in [0.5, 0.6) is 0 Å². The average Bonchev–Trinajstić information content (AvgIpc) is 3.31. The molecule has 1 fully saturated rings. The van der Waals surface area contributed by atoms with Gasteiger partial charge in [-0.25, -0.2) is 9.97 Å². The predicted molar refractivity (Wildman–Crippen MR) is 106 cm³/mol. The molecule has 0 spiro atoms. The van der Waals surface area contributed by atoms with E-state index in [2.05, 4.69) is 28.3 Å². The summed E-state index contributed by atoms with van der Waals surface area (Å²) in [4.78, 5) is 11.3. The van der Waals surface area contributed by atoms with Gasteiger partial charge in [-0.1, -0.05) is 0 Å². The largest absolute Gasteiger partial charge is 0.387 e. The van der Waals surface area contributed by atoms with E-state index in [9.17, 15) is 5.11 Å². The monoisotopic (exact) mass is 380 g/mol. The second-order valence-corrected chi connectivity index (χ2v) is 8.10. The Kier molecular flexibility index (Phi) is 4.15. The number of fused-ring (bicyclic) bond motifs is 2. The number of pyridine rings is 2. The number of thiophene rings is 1. The Morgan fingerprint density at radius 1 is 1.19 bits per heavy atom. The number of aryl methyl sites for hydroxylation is 1. The summed E-state index contributed by atoms with van der Waals surface area (Å²) in [7, 11) is 1.89. The summed E-state index contributed by atoms with van der Waals surface area (Å²) in [5.41, 5.74) is 2.71. The summed E-state index contributed by atoms with van der Waals surface area (Å²) < 4.78 is 7.17. The molecule has 27 heavy (non-hydrogen) atoms. The Morgan fingerprint density at radius 3 is 2.89 bits per heavy atom. The summed E-state index contributed by atoms with van der Waals surface area (Å²) >= 11 is 1.58. The van der Waals surface area contributed by atoms with E-state index >= 15 is 0 Å². The van der Waals surface area contributed by atoms with E-state index in [1.165, 1.54) is 0 Å². The van der Waals surface area contributed by atoms with Gasteiger partial charge in [0.1, 0.15) is 4.83 Å². The van der Waals surface area contributed by atoms with Gasteiger partial charge in [-0.05, 0) is 43.0 Å². The van der Waals surface area contributed by atoms with Crippen LogP contribution >= 0.6 is 11.3 Å². The number of hydrogen-bond donors (Lipinski definition) is 1. The second kappa shape index (κ2) is 6.67. The van der Waals surface area contributed by atoms with Crippen molar-refractivity contribution in [3.63, 3.8) is 0 Å². The van der Waals surface area contributed by atoms with Gasteiger partial charge < -0.3 is 9.84 Å². The first kappa shape index (κ1) is 16.8. The maximum Gasteiger partial charge on any atom is 0.157 e. The molecule has 1 saturated heterocycles. The van der Waals surface area contributed by atoms with E-state index in [-0.39, 0.29) is 5.92 Å². The molecule has 0 aliphatic carbocycles. The summed E-state index contributed by atoms with van der Waals surface area (Å²) in [5, 5.41) is 17.1. The van der Waals surface area contributed by atoms with Gasteiger partial charge in [0.05, 0.1) is 18.0 Å². The van der Waals surface area contributed by atoms with Crippen molar-refractivity contribution in [1.82, 2.24) is 19.7 Å². The maximum absolute atomic E-state index is 10.8. The van der Waals surface area contributed by atoms with E-state index in [1.807, 2.05) is 25.5 Å². The third kappa shape index (κ3) is 3.01. The van der Waals surface area contributed by atoms with E-state index in [1.54, 1.807) is 16.0 Å². The van der Waals surface area contributed by atoms with Crippen molar-refractivity contribution in [3.05, 3.63) is 41.5 Å². The number of nitrogens with zero attached hydrogens (tertiary/aromatic N) is 4.